The number of rotatable bonds is 4. The summed E-state index contributed by atoms with van der Waals surface area (Å²) >= 11 is 9.21. The van der Waals surface area contributed by atoms with Crippen molar-refractivity contribution in [3.63, 3.8) is 0 Å². The predicted octanol–water partition coefficient (Wildman–Crippen LogP) is 4.71. The summed E-state index contributed by atoms with van der Waals surface area (Å²) in [4.78, 5) is 12.3. The van der Waals surface area contributed by atoms with Gasteiger partial charge in [-0.05, 0) is 46.6 Å². The van der Waals surface area contributed by atoms with Crippen LogP contribution in [0.25, 0.3) is 0 Å². The molecule has 0 spiro atoms. The minimum atomic E-state index is -0.412. The van der Waals surface area contributed by atoms with Gasteiger partial charge in [0, 0.05) is 17.2 Å². The molecule has 0 unspecified atom stereocenters. The minimum absolute atomic E-state index is 0.323. The number of amides is 1. The van der Waals surface area contributed by atoms with Crippen molar-refractivity contribution in [2.45, 2.75) is 19.9 Å². The third-order valence-corrected chi connectivity index (χ3v) is 3.64. The quantitative estimate of drug-likeness (QED) is 0.843. The van der Waals surface area contributed by atoms with Gasteiger partial charge in [-0.3, -0.25) is 4.79 Å². The Morgan fingerprint density at radius 3 is 2.90 bits per heavy atom. The summed E-state index contributed by atoms with van der Waals surface area (Å²) in [6, 6.07) is 5.72. The first-order valence-electron chi connectivity index (χ1n) is 6.13. The summed E-state index contributed by atoms with van der Waals surface area (Å²) in [5.74, 6) is -0.734. The SMILES string of the molecule is CCCn1cc(Cl)cc1C(=O)Nc1cc(F)ccc1Br. The Hall–Kier alpha value is -1.33. The highest BCUT2D eigenvalue weighted by Gasteiger charge is 2.14. The molecule has 1 N–H and O–H groups in total. The summed E-state index contributed by atoms with van der Waals surface area (Å²) in [7, 11) is 0. The number of anilines is 1. The third kappa shape index (κ3) is 3.41. The summed E-state index contributed by atoms with van der Waals surface area (Å²) < 4.78 is 15.6. The van der Waals surface area contributed by atoms with Crippen LogP contribution < -0.4 is 5.32 Å². The fraction of sp³-hybridized carbons (Fsp3) is 0.214. The van der Waals surface area contributed by atoms with E-state index < -0.39 is 5.82 Å². The van der Waals surface area contributed by atoms with Crippen molar-refractivity contribution < 1.29 is 9.18 Å². The molecule has 0 saturated heterocycles. The second-order valence-electron chi connectivity index (χ2n) is 4.32. The van der Waals surface area contributed by atoms with Crippen LogP contribution >= 0.6 is 27.5 Å². The first kappa shape index (κ1) is 15.1. The van der Waals surface area contributed by atoms with E-state index >= 15 is 0 Å². The molecule has 20 heavy (non-hydrogen) atoms. The Kier molecular flexibility index (Phi) is 4.83. The highest BCUT2D eigenvalue weighted by Crippen LogP contribution is 2.24. The van der Waals surface area contributed by atoms with Crippen LogP contribution in [-0.2, 0) is 6.54 Å². The van der Waals surface area contributed by atoms with E-state index in [2.05, 4.69) is 21.2 Å². The van der Waals surface area contributed by atoms with Crippen molar-refractivity contribution in [2.24, 2.45) is 0 Å². The van der Waals surface area contributed by atoms with Crippen LogP contribution in [0.1, 0.15) is 23.8 Å². The molecule has 0 aliphatic carbocycles. The van der Waals surface area contributed by atoms with E-state index in [9.17, 15) is 9.18 Å². The normalized spacial score (nSPS) is 10.6. The van der Waals surface area contributed by atoms with Crippen molar-refractivity contribution >= 4 is 39.1 Å². The maximum atomic E-state index is 13.2. The number of benzene rings is 1. The molecule has 0 bridgehead atoms. The van der Waals surface area contributed by atoms with Crippen molar-refractivity contribution in [3.05, 3.63) is 51.5 Å². The number of nitrogens with one attached hydrogen (secondary N) is 1. The topological polar surface area (TPSA) is 34.0 Å². The van der Waals surface area contributed by atoms with Gasteiger partial charge in [-0.25, -0.2) is 4.39 Å². The smallest absolute Gasteiger partial charge is 0.272 e. The van der Waals surface area contributed by atoms with Crippen molar-refractivity contribution in [3.8, 4) is 0 Å². The Morgan fingerprint density at radius 1 is 1.45 bits per heavy atom. The summed E-state index contributed by atoms with van der Waals surface area (Å²) in [6.45, 7) is 2.71. The zero-order chi connectivity index (χ0) is 14.7. The first-order chi connectivity index (χ1) is 9.51. The molecule has 0 aliphatic rings. The Balaban J connectivity index is 2.26. The molecule has 0 fully saturated rings. The zero-order valence-corrected chi connectivity index (χ0v) is 13.1. The lowest BCUT2D eigenvalue weighted by Crippen LogP contribution is -2.17. The van der Waals surface area contributed by atoms with Crippen LogP contribution in [0.4, 0.5) is 10.1 Å². The molecule has 106 valence electrons. The molecule has 1 aromatic carbocycles. The van der Waals surface area contributed by atoms with E-state index in [-0.39, 0.29) is 5.91 Å². The van der Waals surface area contributed by atoms with Gasteiger partial charge in [-0.15, -0.1) is 0 Å². The molecule has 2 aromatic rings. The lowest BCUT2D eigenvalue weighted by atomic mass is 10.3. The highest BCUT2D eigenvalue weighted by molar-refractivity contribution is 9.10. The van der Waals surface area contributed by atoms with Gasteiger partial charge in [0.25, 0.3) is 5.91 Å². The molecule has 0 radical (unpaired) electrons. The Morgan fingerprint density at radius 2 is 2.20 bits per heavy atom. The average molecular weight is 360 g/mol. The maximum absolute atomic E-state index is 13.2. The lowest BCUT2D eigenvalue weighted by Gasteiger charge is -2.10. The fourth-order valence-corrected chi connectivity index (χ4v) is 2.44. The zero-order valence-electron chi connectivity index (χ0n) is 10.8. The van der Waals surface area contributed by atoms with Gasteiger partial charge in [0.15, 0.2) is 0 Å². The highest BCUT2D eigenvalue weighted by atomic mass is 79.9. The molecule has 0 saturated carbocycles. The summed E-state index contributed by atoms with van der Waals surface area (Å²) in [5.41, 5.74) is 0.836. The van der Waals surface area contributed by atoms with E-state index in [4.69, 9.17) is 11.6 Å². The van der Waals surface area contributed by atoms with Gasteiger partial charge in [-0.1, -0.05) is 18.5 Å². The molecular weight excluding hydrogens is 347 g/mol. The molecule has 1 heterocycles. The van der Waals surface area contributed by atoms with Crippen molar-refractivity contribution in [1.29, 1.82) is 0 Å². The van der Waals surface area contributed by atoms with Gasteiger partial charge in [0.05, 0.1) is 10.7 Å². The first-order valence-corrected chi connectivity index (χ1v) is 7.30. The van der Waals surface area contributed by atoms with E-state index in [1.807, 2.05) is 6.92 Å². The van der Waals surface area contributed by atoms with Gasteiger partial charge < -0.3 is 9.88 Å². The number of aromatic nitrogens is 1. The largest absolute Gasteiger partial charge is 0.342 e. The number of carbonyl (C=O) groups is 1. The summed E-state index contributed by atoms with van der Waals surface area (Å²) in [6.07, 6.45) is 2.59. The second-order valence-corrected chi connectivity index (χ2v) is 5.61. The van der Waals surface area contributed by atoms with Crippen LogP contribution in [0, 0.1) is 5.82 Å². The monoisotopic (exact) mass is 358 g/mol. The van der Waals surface area contributed by atoms with E-state index in [0.29, 0.717) is 27.4 Å². The number of hydrogen-bond donors (Lipinski definition) is 1. The predicted molar refractivity (Wildman–Crippen MR) is 81.8 cm³/mol. The lowest BCUT2D eigenvalue weighted by molar-refractivity contribution is 0.101. The van der Waals surface area contributed by atoms with E-state index in [1.54, 1.807) is 22.9 Å². The van der Waals surface area contributed by atoms with E-state index in [0.717, 1.165) is 6.42 Å². The number of nitrogens with zero attached hydrogens (tertiary/aromatic N) is 1. The molecule has 0 atom stereocenters. The standard InChI is InChI=1S/C14H13BrClFN2O/c1-2-5-19-8-9(16)6-13(19)14(20)18-12-7-10(17)3-4-11(12)15/h3-4,6-8H,2,5H2,1H3,(H,18,20). The molecule has 1 aromatic heterocycles. The molecular formula is C14H13BrClFN2O. The van der Waals surface area contributed by atoms with Crippen molar-refractivity contribution in [1.82, 2.24) is 4.57 Å². The molecule has 1 amide bonds. The van der Waals surface area contributed by atoms with Gasteiger partial charge in [0.1, 0.15) is 11.5 Å². The second kappa shape index (κ2) is 6.41. The van der Waals surface area contributed by atoms with Gasteiger partial charge in [-0.2, -0.15) is 0 Å². The number of halogens is 3. The van der Waals surface area contributed by atoms with Gasteiger partial charge >= 0.3 is 0 Å². The minimum Gasteiger partial charge on any atom is -0.342 e. The van der Waals surface area contributed by atoms with Crippen molar-refractivity contribution in [2.75, 3.05) is 5.32 Å². The van der Waals surface area contributed by atoms with Crippen LogP contribution in [-0.4, -0.2) is 10.5 Å². The molecule has 2 rings (SSSR count). The van der Waals surface area contributed by atoms with Crippen LogP contribution in [0.15, 0.2) is 34.9 Å². The Bertz CT molecular complexity index is 642. The molecule has 6 heteroatoms. The molecule has 3 nitrogen and oxygen atoms in total. The number of hydrogen-bond acceptors (Lipinski definition) is 1. The third-order valence-electron chi connectivity index (χ3n) is 2.74. The van der Waals surface area contributed by atoms with Gasteiger partial charge in [0.2, 0.25) is 0 Å². The fourth-order valence-electron chi connectivity index (χ4n) is 1.87. The number of aryl methyl sites for hydroxylation is 1. The number of carbonyl (C=O) groups excluding carboxylic acids is 1. The summed E-state index contributed by atoms with van der Waals surface area (Å²) in [5, 5.41) is 3.18. The average Bonchev–Trinajstić information content (AvgIpc) is 2.75. The Labute approximate surface area is 129 Å². The molecule has 0 aliphatic heterocycles. The van der Waals surface area contributed by atoms with E-state index in [1.165, 1.54) is 12.1 Å². The van der Waals surface area contributed by atoms with Crippen LogP contribution in [0.5, 0.6) is 0 Å². The van der Waals surface area contributed by atoms with Crippen LogP contribution in [0.2, 0.25) is 5.02 Å². The van der Waals surface area contributed by atoms with Crippen LogP contribution in [0.3, 0.4) is 0 Å². The maximum Gasteiger partial charge on any atom is 0.272 e.